The molecule has 0 aliphatic rings. The summed E-state index contributed by atoms with van der Waals surface area (Å²) in [7, 11) is 0. The smallest absolute Gasteiger partial charge is 0.343 e. The van der Waals surface area contributed by atoms with Crippen molar-refractivity contribution in [2.75, 3.05) is 6.54 Å². The van der Waals surface area contributed by atoms with Gasteiger partial charge < -0.3 is 10.1 Å². The number of esters is 1. The largest absolute Gasteiger partial charge is 0.423 e. The highest BCUT2D eigenvalue weighted by atomic mass is 79.9. The van der Waals surface area contributed by atoms with E-state index in [1.165, 1.54) is 6.21 Å². The lowest BCUT2D eigenvalue weighted by molar-refractivity contribution is -0.120. The number of carbonyl (C=O) groups is 3. The molecule has 0 atom stereocenters. The lowest BCUT2D eigenvalue weighted by atomic mass is 10.2. The van der Waals surface area contributed by atoms with E-state index in [2.05, 4.69) is 31.8 Å². The van der Waals surface area contributed by atoms with E-state index >= 15 is 0 Å². The van der Waals surface area contributed by atoms with E-state index in [0.717, 1.165) is 4.47 Å². The minimum absolute atomic E-state index is 0.258. The molecule has 2 N–H and O–H groups in total. The van der Waals surface area contributed by atoms with Crippen LogP contribution in [0.25, 0.3) is 0 Å². The Kier molecular flexibility index (Phi) is 8.13. The van der Waals surface area contributed by atoms with Crippen LogP contribution in [0.2, 0.25) is 5.02 Å². The molecule has 0 fully saturated rings. The van der Waals surface area contributed by atoms with E-state index in [1.807, 2.05) is 6.07 Å². The summed E-state index contributed by atoms with van der Waals surface area (Å²) in [6.07, 6.45) is 1.42. The van der Waals surface area contributed by atoms with Crippen molar-refractivity contribution in [2.24, 2.45) is 5.10 Å². The molecule has 0 aliphatic carbocycles. The Morgan fingerprint density at radius 3 is 2.47 bits per heavy atom. The van der Waals surface area contributed by atoms with Crippen LogP contribution in [0.3, 0.4) is 0 Å². The Balaban J connectivity index is 1.46. The summed E-state index contributed by atoms with van der Waals surface area (Å²) < 4.78 is 6.11. The maximum Gasteiger partial charge on any atom is 0.343 e. The summed E-state index contributed by atoms with van der Waals surface area (Å²) in [5, 5.41) is 6.61. The van der Waals surface area contributed by atoms with Gasteiger partial charge in [0.1, 0.15) is 5.75 Å². The zero-order chi connectivity index (χ0) is 22.9. The second-order valence-electron chi connectivity index (χ2n) is 6.42. The highest BCUT2D eigenvalue weighted by molar-refractivity contribution is 9.10. The van der Waals surface area contributed by atoms with Gasteiger partial charge in [0.15, 0.2) is 0 Å². The molecule has 0 bridgehead atoms. The van der Waals surface area contributed by atoms with Crippen molar-refractivity contribution in [3.05, 3.63) is 99.0 Å². The Bertz CT molecular complexity index is 1170. The Hall–Kier alpha value is -3.49. The van der Waals surface area contributed by atoms with Crippen LogP contribution < -0.4 is 15.5 Å². The summed E-state index contributed by atoms with van der Waals surface area (Å²) >= 11 is 9.26. The van der Waals surface area contributed by atoms with Crippen molar-refractivity contribution in [1.29, 1.82) is 0 Å². The van der Waals surface area contributed by atoms with Crippen LogP contribution in [0, 0.1) is 0 Å². The number of hydrogen-bond acceptors (Lipinski definition) is 5. The molecule has 0 heterocycles. The quantitative estimate of drug-likeness (QED) is 0.214. The molecule has 9 heteroatoms. The molecule has 0 spiro atoms. The fourth-order valence-electron chi connectivity index (χ4n) is 2.52. The molecule has 0 radical (unpaired) electrons. The van der Waals surface area contributed by atoms with Gasteiger partial charge in [-0.3, -0.25) is 9.59 Å². The molecule has 0 saturated carbocycles. The van der Waals surface area contributed by atoms with E-state index in [9.17, 15) is 14.4 Å². The fourth-order valence-corrected chi connectivity index (χ4v) is 3.14. The number of hydrazone groups is 1. The molecular weight excluding hydrogens is 498 g/mol. The van der Waals surface area contributed by atoms with Gasteiger partial charge in [-0.1, -0.05) is 45.7 Å². The van der Waals surface area contributed by atoms with Crippen molar-refractivity contribution >= 4 is 51.5 Å². The number of benzene rings is 3. The number of halogens is 2. The molecule has 0 saturated heterocycles. The van der Waals surface area contributed by atoms with Gasteiger partial charge in [-0.15, -0.1) is 0 Å². The molecule has 3 aromatic rings. The van der Waals surface area contributed by atoms with E-state index in [0.29, 0.717) is 21.9 Å². The normalized spacial score (nSPS) is 10.6. The number of hydrogen-bond donors (Lipinski definition) is 2. The number of nitrogens with zero attached hydrogens (tertiary/aromatic N) is 1. The predicted molar refractivity (Wildman–Crippen MR) is 125 cm³/mol. The van der Waals surface area contributed by atoms with E-state index in [4.69, 9.17) is 16.3 Å². The van der Waals surface area contributed by atoms with Gasteiger partial charge in [-0.05, 0) is 60.2 Å². The summed E-state index contributed by atoms with van der Waals surface area (Å²) in [4.78, 5) is 36.0. The van der Waals surface area contributed by atoms with Gasteiger partial charge in [0.25, 0.3) is 11.8 Å². The third-order valence-electron chi connectivity index (χ3n) is 4.08. The molecular formula is C23H17BrClN3O4. The maximum absolute atomic E-state index is 12.2. The molecule has 0 aliphatic heterocycles. The third kappa shape index (κ3) is 6.76. The third-order valence-corrected chi connectivity index (χ3v) is 4.90. The molecule has 3 rings (SSSR count). The van der Waals surface area contributed by atoms with Gasteiger partial charge >= 0.3 is 5.97 Å². The summed E-state index contributed by atoms with van der Waals surface area (Å²) in [6.45, 7) is -0.258. The summed E-state index contributed by atoms with van der Waals surface area (Å²) in [5.41, 5.74) is 3.70. The average Bonchev–Trinajstić information content (AvgIpc) is 2.79. The topological polar surface area (TPSA) is 96.9 Å². The van der Waals surface area contributed by atoms with Crippen LogP contribution in [0.1, 0.15) is 26.3 Å². The van der Waals surface area contributed by atoms with Crippen LogP contribution in [0.5, 0.6) is 5.75 Å². The van der Waals surface area contributed by atoms with Gasteiger partial charge in [0.2, 0.25) is 0 Å². The van der Waals surface area contributed by atoms with E-state index in [1.54, 1.807) is 66.7 Å². The average molecular weight is 515 g/mol. The highest BCUT2D eigenvalue weighted by Gasteiger charge is 2.11. The lowest BCUT2D eigenvalue weighted by Crippen LogP contribution is -2.35. The number of rotatable bonds is 7. The Morgan fingerprint density at radius 2 is 1.75 bits per heavy atom. The molecule has 162 valence electrons. The molecule has 0 aromatic heterocycles. The SMILES string of the molecule is O=C(CNC(=O)c1ccccc1Cl)N/N=C\c1ccc(OC(=O)c2cccc(Br)c2)cc1. The Labute approximate surface area is 197 Å². The summed E-state index contributed by atoms with van der Waals surface area (Å²) in [5.74, 6) is -1.05. The van der Waals surface area contributed by atoms with Gasteiger partial charge in [-0.25, -0.2) is 10.2 Å². The van der Waals surface area contributed by atoms with Crippen molar-refractivity contribution in [2.45, 2.75) is 0 Å². The first kappa shape index (κ1) is 23.2. The van der Waals surface area contributed by atoms with Gasteiger partial charge in [-0.2, -0.15) is 5.10 Å². The number of nitrogens with one attached hydrogen (secondary N) is 2. The van der Waals surface area contributed by atoms with Crippen molar-refractivity contribution < 1.29 is 19.1 Å². The maximum atomic E-state index is 12.2. The number of ether oxygens (including phenoxy) is 1. The minimum Gasteiger partial charge on any atom is -0.423 e. The first-order valence-corrected chi connectivity index (χ1v) is 10.5. The molecule has 3 aromatic carbocycles. The first-order chi connectivity index (χ1) is 15.4. The Morgan fingerprint density at radius 1 is 1.00 bits per heavy atom. The summed E-state index contributed by atoms with van der Waals surface area (Å²) in [6, 6.07) is 20.0. The lowest BCUT2D eigenvalue weighted by Gasteiger charge is -2.06. The zero-order valence-corrected chi connectivity index (χ0v) is 18.9. The standard InChI is InChI=1S/C23H17BrClN3O4/c24-17-5-3-4-16(12-17)23(31)32-18-10-8-15(9-11-18)13-27-28-21(29)14-26-22(30)19-6-1-2-7-20(19)25/h1-13H,14H2,(H,26,30)(H,28,29)/b27-13-. The van der Waals surface area contributed by atoms with E-state index < -0.39 is 17.8 Å². The molecule has 7 nitrogen and oxygen atoms in total. The number of amides is 2. The first-order valence-electron chi connectivity index (χ1n) is 9.35. The predicted octanol–water partition coefficient (Wildman–Crippen LogP) is 4.20. The zero-order valence-electron chi connectivity index (χ0n) is 16.5. The van der Waals surface area contributed by atoms with Crippen LogP contribution >= 0.6 is 27.5 Å². The van der Waals surface area contributed by atoms with Crippen LogP contribution in [-0.4, -0.2) is 30.5 Å². The van der Waals surface area contributed by atoms with Crippen LogP contribution in [-0.2, 0) is 4.79 Å². The minimum atomic E-state index is -0.499. The molecule has 2 amide bonds. The second kappa shape index (κ2) is 11.2. The van der Waals surface area contributed by atoms with Crippen LogP contribution in [0.15, 0.2) is 82.4 Å². The van der Waals surface area contributed by atoms with Crippen molar-refractivity contribution in [3.63, 3.8) is 0 Å². The van der Waals surface area contributed by atoms with Crippen LogP contribution in [0.4, 0.5) is 0 Å². The number of carbonyl (C=O) groups excluding carboxylic acids is 3. The van der Waals surface area contributed by atoms with Gasteiger partial charge in [0.05, 0.1) is 28.9 Å². The van der Waals surface area contributed by atoms with Gasteiger partial charge in [0, 0.05) is 4.47 Å². The second-order valence-corrected chi connectivity index (χ2v) is 7.75. The highest BCUT2D eigenvalue weighted by Crippen LogP contribution is 2.16. The fraction of sp³-hybridized carbons (Fsp3) is 0.0435. The molecule has 32 heavy (non-hydrogen) atoms. The van der Waals surface area contributed by atoms with Crippen molar-refractivity contribution in [1.82, 2.24) is 10.7 Å². The van der Waals surface area contributed by atoms with Crippen molar-refractivity contribution in [3.8, 4) is 5.75 Å². The van der Waals surface area contributed by atoms with E-state index in [-0.39, 0.29) is 12.1 Å². The monoisotopic (exact) mass is 513 g/mol. The molecule has 0 unspecified atom stereocenters.